The number of carboxylic acid groups (broad SMARTS) is 1. The van der Waals surface area contributed by atoms with Gasteiger partial charge in [0.25, 0.3) is 0 Å². The molecule has 0 aromatic carbocycles. The van der Waals surface area contributed by atoms with Crippen LogP contribution in [0.2, 0.25) is 0 Å². The monoisotopic (exact) mass is 220 g/mol. The van der Waals surface area contributed by atoms with Gasteiger partial charge in [0.2, 0.25) is 0 Å². The normalized spacial score (nSPS) is 15.9. The maximum Gasteiger partial charge on any atom is 0.304 e. The molecule has 0 spiro atoms. The fourth-order valence-electron chi connectivity index (χ4n) is 2.36. The van der Waals surface area contributed by atoms with Gasteiger partial charge in [-0.3, -0.25) is 4.79 Å². The van der Waals surface area contributed by atoms with E-state index in [0.29, 0.717) is 0 Å². The zero-order chi connectivity index (χ0) is 11.7. The van der Waals surface area contributed by atoms with Crippen LogP contribution in [0.4, 0.5) is 0 Å². The Balaban J connectivity index is 2.36. The molecule has 0 fully saturated rings. The lowest BCUT2D eigenvalue weighted by atomic mass is 9.98. The van der Waals surface area contributed by atoms with Crippen molar-refractivity contribution in [3.05, 3.63) is 22.8 Å². The molecule has 1 N–H and O–H groups in total. The molecule has 0 bridgehead atoms. The van der Waals surface area contributed by atoms with E-state index in [4.69, 9.17) is 5.11 Å². The van der Waals surface area contributed by atoms with Crippen molar-refractivity contribution in [1.82, 2.24) is 9.97 Å². The third-order valence-corrected chi connectivity index (χ3v) is 3.02. The molecule has 1 unspecified atom stereocenters. The van der Waals surface area contributed by atoms with Gasteiger partial charge in [-0.05, 0) is 31.7 Å². The molecule has 1 aliphatic carbocycles. The van der Waals surface area contributed by atoms with Crippen LogP contribution in [-0.4, -0.2) is 21.0 Å². The van der Waals surface area contributed by atoms with Crippen LogP contribution in [0.15, 0.2) is 0 Å². The van der Waals surface area contributed by atoms with Crippen molar-refractivity contribution in [3.8, 4) is 0 Å². The second-order valence-corrected chi connectivity index (χ2v) is 4.43. The van der Waals surface area contributed by atoms with E-state index in [9.17, 15) is 4.79 Å². The summed E-state index contributed by atoms with van der Waals surface area (Å²) in [5.74, 6) is -0.0329. The summed E-state index contributed by atoms with van der Waals surface area (Å²) in [6.45, 7) is 3.80. The molecule has 0 aliphatic heterocycles. The van der Waals surface area contributed by atoms with Crippen molar-refractivity contribution >= 4 is 5.97 Å². The van der Waals surface area contributed by atoms with Crippen molar-refractivity contribution in [1.29, 1.82) is 0 Å². The fourth-order valence-corrected chi connectivity index (χ4v) is 2.36. The molecular weight excluding hydrogens is 204 g/mol. The molecule has 0 radical (unpaired) electrons. The molecule has 0 saturated carbocycles. The van der Waals surface area contributed by atoms with Gasteiger partial charge in [-0.15, -0.1) is 0 Å². The molecule has 2 rings (SSSR count). The molecule has 4 heteroatoms. The smallest absolute Gasteiger partial charge is 0.304 e. The lowest BCUT2D eigenvalue weighted by molar-refractivity contribution is -0.137. The summed E-state index contributed by atoms with van der Waals surface area (Å²) in [5, 5.41) is 8.82. The van der Waals surface area contributed by atoms with Gasteiger partial charge in [0.15, 0.2) is 0 Å². The first-order valence-electron chi connectivity index (χ1n) is 5.66. The number of hydrogen-bond acceptors (Lipinski definition) is 3. The number of aromatic nitrogens is 2. The first-order valence-corrected chi connectivity index (χ1v) is 5.66. The van der Waals surface area contributed by atoms with Crippen LogP contribution in [0.25, 0.3) is 0 Å². The highest BCUT2D eigenvalue weighted by atomic mass is 16.4. The molecule has 1 aromatic rings. The first kappa shape index (κ1) is 11.0. The minimum absolute atomic E-state index is 0.0222. The Morgan fingerprint density at radius 2 is 2.19 bits per heavy atom. The Morgan fingerprint density at radius 1 is 1.44 bits per heavy atom. The van der Waals surface area contributed by atoms with Gasteiger partial charge in [0.1, 0.15) is 5.82 Å². The molecule has 4 nitrogen and oxygen atoms in total. The van der Waals surface area contributed by atoms with Gasteiger partial charge in [0, 0.05) is 11.6 Å². The first-order chi connectivity index (χ1) is 7.58. The highest BCUT2D eigenvalue weighted by Gasteiger charge is 2.22. The Hall–Kier alpha value is -1.45. The van der Waals surface area contributed by atoms with Gasteiger partial charge >= 0.3 is 5.97 Å². The number of fused-ring (bicyclic) bond motifs is 1. The predicted molar refractivity (Wildman–Crippen MR) is 59.5 cm³/mol. The largest absolute Gasteiger partial charge is 0.481 e. The molecule has 0 amide bonds. The second-order valence-electron chi connectivity index (χ2n) is 4.43. The van der Waals surface area contributed by atoms with Gasteiger partial charge in [-0.1, -0.05) is 6.92 Å². The number of nitrogens with zero attached hydrogens (tertiary/aromatic N) is 2. The molecule has 0 saturated heterocycles. The number of carboxylic acids is 1. The Morgan fingerprint density at radius 3 is 2.88 bits per heavy atom. The summed E-state index contributed by atoms with van der Waals surface area (Å²) in [7, 11) is 0. The van der Waals surface area contributed by atoms with Crippen LogP contribution in [0.5, 0.6) is 0 Å². The van der Waals surface area contributed by atoms with E-state index < -0.39 is 5.97 Å². The van der Waals surface area contributed by atoms with Gasteiger partial charge in [-0.25, -0.2) is 9.97 Å². The van der Waals surface area contributed by atoms with Crippen molar-refractivity contribution in [2.24, 2.45) is 0 Å². The molecule has 1 aliphatic rings. The lowest BCUT2D eigenvalue weighted by Gasteiger charge is -2.13. The lowest BCUT2D eigenvalue weighted by Crippen LogP contribution is -2.10. The molecule has 86 valence electrons. The van der Waals surface area contributed by atoms with E-state index >= 15 is 0 Å². The topological polar surface area (TPSA) is 63.1 Å². The quantitative estimate of drug-likeness (QED) is 0.844. The van der Waals surface area contributed by atoms with E-state index in [1.54, 1.807) is 0 Å². The van der Waals surface area contributed by atoms with Gasteiger partial charge < -0.3 is 5.11 Å². The zero-order valence-electron chi connectivity index (χ0n) is 9.66. The van der Waals surface area contributed by atoms with Crippen molar-refractivity contribution in [3.63, 3.8) is 0 Å². The highest BCUT2D eigenvalue weighted by Crippen LogP contribution is 2.29. The van der Waals surface area contributed by atoms with E-state index in [1.165, 1.54) is 5.56 Å². The number of aryl methyl sites for hydroxylation is 2. The summed E-state index contributed by atoms with van der Waals surface area (Å²) in [5.41, 5.74) is 3.27. The summed E-state index contributed by atoms with van der Waals surface area (Å²) >= 11 is 0. The minimum atomic E-state index is -0.768. The summed E-state index contributed by atoms with van der Waals surface area (Å²) in [6, 6.07) is 0. The van der Waals surface area contributed by atoms with Crippen molar-refractivity contribution in [2.75, 3.05) is 0 Å². The van der Waals surface area contributed by atoms with E-state index in [0.717, 1.165) is 36.5 Å². The van der Waals surface area contributed by atoms with Gasteiger partial charge in [-0.2, -0.15) is 0 Å². The third-order valence-electron chi connectivity index (χ3n) is 3.02. The highest BCUT2D eigenvalue weighted by molar-refractivity contribution is 5.68. The molecular formula is C12H16N2O2. The second kappa shape index (κ2) is 4.20. The number of aliphatic carboxylic acids is 1. The summed E-state index contributed by atoms with van der Waals surface area (Å²) in [4.78, 5) is 19.6. The Bertz CT molecular complexity index is 429. The molecule has 1 aromatic heterocycles. The van der Waals surface area contributed by atoms with E-state index in [2.05, 4.69) is 9.97 Å². The fraction of sp³-hybridized carbons (Fsp3) is 0.583. The molecule has 1 heterocycles. The minimum Gasteiger partial charge on any atom is -0.481 e. The maximum atomic E-state index is 10.7. The van der Waals surface area contributed by atoms with Crippen LogP contribution in [-0.2, 0) is 17.6 Å². The van der Waals surface area contributed by atoms with Crippen LogP contribution >= 0.6 is 0 Å². The number of hydrogen-bond donors (Lipinski definition) is 1. The average molecular weight is 220 g/mol. The van der Waals surface area contributed by atoms with E-state index in [-0.39, 0.29) is 12.3 Å². The van der Waals surface area contributed by atoms with Crippen molar-refractivity contribution < 1.29 is 9.90 Å². The Kier molecular flexibility index (Phi) is 2.90. The van der Waals surface area contributed by atoms with Crippen LogP contribution in [0.3, 0.4) is 0 Å². The third kappa shape index (κ3) is 2.05. The number of rotatable bonds is 3. The molecule has 16 heavy (non-hydrogen) atoms. The average Bonchev–Trinajstić information content (AvgIpc) is 2.62. The van der Waals surface area contributed by atoms with Crippen molar-refractivity contribution in [2.45, 2.75) is 45.4 Å². The summed E-state index contributed by atoms with van der Waals surface area (Å²) in [6.07, 6.45) is 3.25. The Labute approximate surface area is 94.7 Å². The van der Waals surface area contributed by atoms with Crippen LogP contribution < -0.4 is 0 Å². The van der Waals surface area contributed by atoms with Gasteiger partial charge in [0.05, 0.1) is 12.1 Å². The molecule has 1 atom stereocenters. The number of carbonyl (C=O) groups is 1. The zero-order valence-corrected chi connectivity index (χ0v) is 9.66. The predicted octanol–water partition coefficient (Wildman–Crippen LogP) is 1.85. The SMILES string of the molecule is Cc1nc2c(c(C(C)CC(=O)O)n1)CCC2. The standard InChI is InChI=1S/C12H16N2O2/c1-7(6-11(15)16)12-9-4-3-5-10(9)13-8(2)14-12/h7H,3-6H2,1-2H3,(H,15,16). The van der Waals surface area contributed by atoms with Crippen LogP contribution in [0.1, 0.15) is 48.5 Å². The maximum absolute atomic E-state index is 10.7. The van der Waals surface area contributed by atoms with E-state index in [1.807, 2.05) is 13.8 Å². The van der Waals surface area contributed by atoms with Crippen LogP contribution in [0, 0.1) is 6.92 Å². The summed E-state index contributed by atoms with van der Waals surface area (Å²) < 4.78 is 0.